The minimum absolute atomic E-state index is 0.0791. The number of amides is 2. The summed E-state index contributed by atoms with van der Waals surface area (Å²) < 4.78 is 27.8. The Labute approximate surface area is 126 Å². The van der Waals surface area contributed by atoms with Gasteiger partial charge < -0.3 is 15.0 Å². The average Bonchev–Trinajstić information content (AvgIpc) is 2.79. The van der Waals surface area contributed by atoms with Gasteiger partial charge in [0.25, 0.3) is 0 Å². The first-order valence-corrected chi connectivity index (χ1v) is 9.29. The third-order valence-corrected chi connectivity index (χ3v) is 5.81. The molecule has 0 aromatic carbocycles. The van der Waals surface area contributed by atoms with E-state index in [1.807, 2.05) is 0 Å². The number of rotatable bonds is 5. The number of piperazine rings is 1. The molecule has 1 atom stereocenters. The molecule has 1 unspecified atom stereocenters. The van der Waals surface area contributed by atoms with E-state index < -0.39 is 9.84 Å². The lowest BCUT2D eigenvalue weighted by molar-refractivity contribution is 0.124. The summed E-state index contributed by atoms with van der Waals surface area (Å²) in [6.45, 7) is 4.86. The molecule has 2 saturated heterocycles. The highest BCUT2D eigenvalue weighted by Gasteiger charge is 2.30. The van der Waals surface area contributed by atoms with Crippen LogP contribution in [0.3, 0.4) is 0 Å². The molecule has 0 spiro atoms. The van der Waals surface area contributed by atoms with Gasteiger partial charge in [-0.05, 0) is 12.8 Å². The summed E-state index contributed by atoms with van der Waals surface area (Å²) in [7, 11) is -1.25. The lowest BCUT2D eigenvalue weighted by Crippen LogP contribution is -2.53. The molecule has 2 aliphatic heterocycles. The lowest BCUT2D eigenvalue weighted by atomic mass is 10.2. The molecule has 2 rings (SSSR count). The van der Waals surface area contributed by atoms with E-state index in [2.05, 4.69) is 10.2 Å². The number of carbonyl (C=O) groups excluding carboxylic acids is 1. The van der Waals surface area contributed by atoms with Crippen molar-refractivity contribution in [2.45, 2.75) is 18.9 Å². The van der Waals surface area contributed by atoms with Gasteiger partial charge in [-0.25, -0.2) is 13.2 Å². The van der Waals surface area contributed by atoms with Crippen LogP contribution in [0.4, 0.5) is 4.79 Å². The summed E-state index contributed by atoms with van der Waals surface area (Å²) in [5.74, 6) is 0.265. The number of hydrogen-bond acceptors (Lipinski definition) is 5. The van der Waals surface area contributed by atoms with Gasteiger partial charge in [0, 0.05) is 52.5 Å². The maximum Gasteiger partial charge on any atom is 0.317 e. The standard InChI is InChI=1S/C13H25N3O4S/c1-20-9-2-4-15-5-7-16(8-6-15)13(17)14-12-3-10-21(18,19)11-12/h12H,2-11H2,1H3,(H,14,17). The van der Waals surface area contributed by atoms with Crippen molar-refractivity contribution in [3.63, 3.8) is 0 Å². The van der Waals surface area contributed by atoms with E-state index in [0.29, 0.717) is 19.5 Å². The Morgan fingerprint density at radius 1 is 1.29 bits per heavy atom. The van der Waals surface area contributed by atoms with E-state index in [9.17, 15) is 13.2 Å². The van der Waals surface area contributed by atoms with Gasteiger partial charge in [-0.2, -0.15) is 0 Å². The van der Waals surface area contributed by atoms with Crippen LogP contribution in [0, 0.1) is 0 Å². The molecule has 2 amide bonds. The van der Waals surface area contributed by atoms with Crippen LogP contribution in [-0.2, 0) is 14.6 Å². The Kier molecular flexibility index (Phi) is 5.83. The van der Waals surface area contributed by atoms with Crippen molar-refractivity contribution in [3.05, 3.63) is 0 Å². The van der Waals surface area contributed by atoms with Crippen LogP contribution in [0.2, 0.25) is 0 Å². The number of urea groups is 1. The second kappa shape index (κ2) is 7.42. The first-order chi connectivity index (χ1) is 10.00. The van der Waals surface area contributed by atoms with Crippen molar-refractivity contribution in [2.75, 3.05) is 57.9 Å². The van der Waals surface area contributed by atoms with Crippen molar-refractivity contribution in [3.8, 4) is 0 Å². The van der Waals surface area contributed by atoms with Crippen LogP contribution >= 0.6 is 0 Å². The minimum atomic E-state index is -2.95. The zero-order chi connectivity index (χ0) is 15.3. The van der Waals surface area contributed by atoms with Crippen LogP contribution < -0.4 is 5.32 Å². The lowest BCUT2D eigenvalue weighted by Gasteiger charge is -2.35. The summed E-state index contributed by atoms with van der Waals surface area (Å²) in [4.78, 5) is 16.2. The number of ether oxygens (including phenoxy) is 1. The van der Waals surface area contributed by atoms with Gasteiger partial charge in [0.15, 0.2) is 9.84 Å². The summed E-state index contributed by atoms with van der Waals surface area (Å²) in [5.41, 5.74) is 0. The van der Waals surface area contributed by atoms with Gasteiger partial charge in [0.1, 0.15) is 0 Å². The second-order valence-corrected chi connectivity index (χ2v) is 7.95. The van der Waals surface area contributed by atoms with E-state index in [4.69, 9.17) is 4.74 Å². The van der Waals surface area contributed by atoms with Gasteiger partial charge in [-0.15, -0.1) is 0 Å². The summed E-state index contributed by atoms with van der Waals surface area (Å²) >= 11 is 0. The van der Waals surface area contributed by atoms with Crippen molar-refractivity contribution in [1.82, 2.24) is 15.1 Å². The van der Waals surface area contributed by atoms with Crippen LogP contribution in [0.1, 0.15) is 12.8 Å². The van der Waals surface area contributed by atoms with Crippen LogP contribution in [-0.4, -0.2) is 88.2 Å². The van der Waals surface area contributed by atoms with E-state index in [1.165, 1.54) is 0 Å². The summed E-state index contributed by atoms with van der Waals surface area (Å²) in [6.07, 6.45) is 1.54. The van der Waals surface area contributed by atoms with Crippen molar-refractivity contribution in [2.24, 2.45) is 0 Å². The fourth-order valence-corrected chi connectivity index (χ4v) is 4.46. The van der Waals surface area contributed by atoms with Crippen LogP contribution in [0.15, 0.2) is 0 Å². The smallest absolute Gasteiger partial charge is 0.317 e. The highest BCUT2D eigenvalue weighted by molar-refractivity contribution is 7.91. The first kappa shape index (κ1) is 16.5. The molecule has 122 valence electrons. The number of nitrogens with one attached hydrogen (secondary N) is 1. The topological polar surface area (TPSA) is 79.0 Å². The van der Waals surface area contributed by atoms with Gasteiger partial charge in [-0.1, -0.05) is 0 Å². The summed E-state index contributed by atoms with van der Waals surface area (Å²) in [6, 6.07) is -0.351. The molecule has 0 aromatic heterocycles. The SMILES string of the molecule is COCCCN1CCN(C(=O)NC2CCS(=O)(=O)C2)CC1. The predicted molar refractivity (Wildman–Crippen MR) is 80.1 cm³/mol. The quantitative estimate of drug-likeness (QED) is 0.694. The van der Waals surface area contributed by atoms with E-state index in [0.717, 1.165) is 32.7 Å². The average molecular weight is 319 g/mol. The molecule has 0 saturated carbocycles. The Morgan fingerprint density at radius 2 is 2.00 bits per heavy atom. The first-order valence-electron chi connectivity index (χ1n) is 7.47. The fourth-order valence-electron chi connectivity index (χ4n) is 2.78. The minimum Gasteiger partial charge on any atom is -0.385 e. The summed E-state index contributed by atoms with van der Waals surface area (Å²) in [5, 5.41) is 2.84. The zero-order valence-electron chi connectivity index (χ0n) is 12.6. The van der Waals surface area contributed by atoms with Gasteiger partial charge in [-0.3, -0.25) is 4.90 Å². The molecule has 0 aliphatic carbocycles. The Morgan fingerprint density at radius 3 is 2.57 bits per heavy atom. The highest BCUT2D eigenvalue weighted by atomic mass is 32.2. The normalized spacial score (nSPS) is 26.0. The monoisotopic (exact) mass is 319 g/mol. The molecule has 0 bridgehead atoms. The number of hydrogen-bond donors (Lipinski definition) is 1. The highest BCUT2D eigenvalue weighted by Crippen LogP contribution is 2.12. The van der Waals surface area contributed by atoms with Gasteiger partial charge in [0.2, 0.25) is 0 Å². The molecule has 21 heavy (non-hydrogen) atoms. The van der Waals surface area contributed by atoms with Crippen LogP contribution in [0.5, 0.6) is 0 Å². The van der Waals surface area contributed by atoms with Crippen molar-refractivity contribution < 1.29 is 17.9 Å². The van der Waals surface area contributed by atoms with E-state index >= 15 is 0 Å². The van der Waals surface area contributed by atoms with E-state index in [-0.39, 0.29) is 23.6 Å². The predicted octanol–water partition coefficient (Wildman–Crippen LogP) is -0.463. The number of carbonyl (C=O) groups is 1. The Balaban J connectivity index is 1.68. The third-order valence-electron chi connectivity index (χ3n) is 4.04. The molecule has 2 aliphatic rings. The molecular weight excluding hydrogens is 294 g/mol. The van der Waals surface area contributed by atoms with Crippen molar-refractivity contribution >= 4 is 15.9 Å². The molecule has 7 nitrogen and oxygen atoms in total. The third kappa shape index (κ3) is 5.12. The Hall–Kier alpha value is -0.860. The molecule has 1 N–H and O–H groups in total. The number of nitrogens with zero attached hydrogens (tertiary/aromatic N) is 2. The molecule has 2 heterocycles. The van der Waals surface area contributed by atoms with Gasteiger partial charge >= 0.3 is 6.03 Å². The molecule has 0 radical (unpaired) electrons. The maximum atomic E-state index is 12.1. The van der Waals surface area contributed by atoms with E-state index in [1.54, 1.807) is 12.0 Å². The molecular formula is C13H25N3O4S. The maximum absolute atomic E-state index is 12.1. The second-order valence-electron chi connectivity index (χ2n) is 5.72. The van der Waals surface area contributed by atoms with Gasteiger partial charge in [0.05, 0.1) is 11.5 Å². The molecule has 2 fully saturated rings. The van der Waals surface area contributed by atoms with Crippen LogP contribution in [0.25, 0.3) is 0 Å². The largest absolute Gasteiger partial charge is 0.385 e. The molecule has 8 heteroatoms. The number of sulfone groups is 1. The fraction of sp³-hybridized carbons (Fsp3) is 0.923. The number of methoxy groups -OCH3 is 1. The van der Waals surface area contributed by atoms with Crippen molar-refractivity contribution in [1.29, 1.82) is 0 Å². The zero-order valence-corrected chi connectivity index (χ0v) is 13.4. The Bertz CT molecular complexity index is 446. The molecule has 0 aromatic rings.